The Morgan fingerprint density at radius 3 is 2.74 bits per heavy atom. The van der Waals surface area contributed by atoms with Gasteiger partial charge >= 0.3 is 0 Å². The molecule has 2 atom stereocenters. The fourth-order valence-electron chi connectivity index (χ4n) is 2.38. The molecule has 19 heavy (non-hydrogen) atoms. The molecule has 6 heteroatoms. The highest BCUT2D eigenvalue weighted by atomic mass is 35.5. The lowest BCUT2D eigenvalue weighted by atomic mass is 9.99. The van der Waals surface area contributed by atoms with E-state index in [1.54, 1.807) is 0 Å². The van der Waals surface area contributed by atoms with Crippen molar-refractivity contribution < 1.29 is 0 Å². The minimum Gasteiger partial charge on any atom is -0.300 e. The van der Waals surface area contributed by atoms with E-state index >= 15 is 0 Å². The second kappa shape index (κ2) is 7.16. The first-order valence-electron chi connectivity index (χ1n) is 6.30. The molecule has 1 heterocycles. The summed E-state index contributed by atoms with van der Waals surface area (Å²) in [6, 6.07) is 6.15. The van der Waals surface area contributed by atoms with Gasteiger partial charge in [-0.05, 0) is 31.2 Å². The quantitative estimate of drug-likeness (QED) is 0.660. The maximum atomic E-state index is 6.23. The monoisotopic (exact) mass is 319 g/mol. The average molecular weight is 320 g/mol. The van der Waals surface area contributed by atoms with Crippen LogP contribution in [0.2, 0.25) is 10.0 Å². The van der Waals surface area contributed by atoms with E-state index in [2.05, 4.69) is 17.4 Å². The predicted octanol–water partition coefficient (Wildman–Crippen LogP) is 2.42. The van der Waals surface area contributed by atoms with Crippen LogP contribution in [0.25, 0.3) is 0 Å². The van der Waals surface area contributed by atoms with Crippen LogP contribution in [0.5, 0.6) is 0 Å². The topological polar surface area (TPSA) is 41.3 Å². The van der Waals surface area contributed by atoms with Crippen LogP contribution in [-0.2, 0) is 6.42 Å². The Hall–Kier alpha value is 0.0300. The first-order chi connectivity index (χ1) is 9.13. The molecule has 1 aromatic rings. The zero-order chi connectivity index (χ0) is 13.8. The van der Waals surface area contributed by atoms with Crippen molar-refractivity contribution in [3.8, 4) is 0 Å². The number of nitrogens with two attached hydrogens (primary N) is 1. The third-order valence-electron chi connectivity index (χ3n) is 3.61. The standard InChI is InChI=1S/C13H19Cl2N3S/c1-18-5-6-19-8-13(18)12(17-16)7-9-10(14)3-2-4-11(9)15/h2-4,12-13,17H,5-8,16H2,1H3. The fraction of sp³-hybridized carbons (Fsp3) is 0.538. The first-order valence-corrected chi connectivity index (χ1v) is 8.21. The normalized spacial score (nSPS) is 22.4. The third kappa shape index (κ3) is 3.78. The molecule has 1 aromatic carbocycles. The van der Waals surface area contributed by atoms with Gasteiger partial charge in [-0.25, -0.2) is 0 Å². The molecular formula is C13H19Cl2N3S. The molecule has 2 rings (SSSR count). The van der Waals surface area contributed by atoms with Crippen molar-refractivity contribution in [3.05, 3.63) is 33.8 Å². The molecule has 1 fully saturated rings. The van der Waals surface area contributed by atoms with Crippen molar-refractivity contribution in [2.45, 2.75) is 18.5 Å². The van der Waals surface area contributed by atoms with Gasteiger partial charge in [0.2, 0.25) is 0 Å². The third-order valence-corrected chi connectivity index (χ3v) is 5.36. The molecule has 0 radical (unpaired) electrons. The van der Waals surface area contributed by atoms with Crippen molar-refractivity contribution >= 4 is 35.0 Å². The van der Waals surface area contributed by atoms with E-state index in [4.69, 9.17) is 29.0 Å². The molecular weight excluding hydrogens is 301 g/mol. The van der Waals surface area contributed by atoms with Gasteiger partial charge in [0.15, 0.2) is 0 Å². The summed E-state index contributed by atoms with van der Waals surface area (Å²) in [7, 11) is 2.14. The van der Waals surface area contributed by atoms with Crippen LogP contribution in [0.15, 0.2) is 18.2 Å². The number of hydrogen-bond acceptors (Lipinski definition) is 4. The lowest BCUT2D eigenvalue weighted by Crippen LogP contribution is -2.55. The molecule has 1 aliphatic heterocycles. The zero-order valence-electron chi connectivity index (χ0n) is 10.9. The van der Waals surface area contributed by atoms with Gasteiger partial charge in [-0.3, -0.25) is 11.3 Å². The number of benzene rings is 1. The summed E-state index contributed by atoms with van der Waals surface area (Å²) in [4.78, 5) is 2.35. The van der Waals surface area contributed by atoms with Crippen LogP contribution in [-0.4, -0.2) is 42.1 Å². The number of nitrogens with zero attached hydrogens (tertiary/aromatic N) is 1. The number of nitrogens with one attached hydrogen (secondary N) is 1. The Morgan fingerprint density at radius 2 is 2.16 bits per heavy atom. The van der Waals surface area contributed by atoms with E-state index in [0.717, 1.165) is 24.3 Å². The van der Waals surface area contributed by atoms with Gasteiger partial charge in [0.25, 0.3) is 0 Å². The SMILES string of the molecule is CN1CCSCC1C(Cc1c(Cl)cccc1Cl)NN. The molecule has 1 saturated heterocycles. The van der Waals surface area contributed by atoms with Crippen molar-refractivity contribution in [2.24, 2.45) is 5.84 Å². The Labute approximate surface area is 128 Å². The van der Waals surface area contributed by atoms with Gasteiger partial charge in [-0.1, -0.05) is 29.3 Å². The molecule has 1 aliphatic rings. The Kier molecular flexibility index (Phi) is 5.81. The average Bonchev–Trinajstić information content (AvgIpc) is 2.40. The number of rotatable bonds is 4. The smallest absolute Gasteiger partial charge is 0.0453 e. The van der Waals surface area contributed by atoms with E-state index in [9.17, 15) is 0 Å². The second-order valence-corrected chi connectivity index (χ2v) is 6.76. The molecule has 0 saturated carbocycles. The highest BCUT2D eigenvalue weighted by Crippen LogP contribution is 2.27. The van der Waals surface area contributed by atoms with Gasteiger partial charge in [0, 0.05) is 40.2 Å². The molecule has 106 valence electrons. The minimum absolute atomic E-state index is 0.148. The van der Waals surface area contributed by atoms with Gasteiger partial charge < -0.3 is 4.90 Å². The van der Waals surface area contributed by atoms with Crippen molar-refractivity contribution in [1.82, 2.24) is 10.3 Å². The fourth-order valence-corrected chi connectivity index (χ4v) is 4.25. The summed E-state index contributed by atoms with van der Waals surface area (Å²) in [6.45, 7) is 1.09. The number of hydrazine groups is 1. The maximum absolute atomic E-state index is 6.23. The van der Waals surface area contributed by atoms with Crippen LogP contribution in [0.4, 0.5) is 0 Å². The summed E-state index contributed by atoms with van der Waals surface area (Å²) in [6.07, 6.45) is 0.741. The Balaban J connectivity index is 2.14. The van der Waals surface area contributed by atoms with Gasteiger partial charge in [-0.2, -0.15) is 11.8 Å². The van der Waals surface area contributed by atoms with Crippen LogP contribution in [0.1, 0.15) is 5.56 Å². The molecule has 3 nitrogen and oxygen atoms in total. The summed E-state index contributed by atoms with van der Waals surface area (Å²) >= 11 is 14.4. The van der Waals surface area contributed by atoms with E-state index in [0.29, 0.717) is 16.1 Å². The molecule has 0 spiro atoms. The van der Waals surface area contributed by atoms with Crippen molar-refractivity contribution in [2.75, 3.05) is 25.1 Å². The van der Waals surface area contributed by atoms with Crippen LogP contribution in [0.3, 0.4) is 0 Å². The molecule has 0 aliphatic carbocycles. The van der Waals surface area contributed by atoms with Gasteiger partial charge in [0.1, 0.15) is 0 Å². The number of likely N-dealkylation sites (N-methyl/N-ethyl adjacent to an activating group) is 1. The van der Waals surface area contributed by atoms with E-state index in [-0.39, 0.29) is 6.04 Å². The molecule has 0 bridgehead atoms. The summed E-state index contributed by atoms with van der Waals surface area (Å²) < 4.78 is 0. The van der Waals surface area contributed by atoms with E-state index in [1.165, 1.54) is 5.75 Å². The minimum atomic E-state index is 0.148. The van der Waals surface area contributed by atoms with Gasteiger partial charge in [-0.15, -0.1) is 0 Å². The van der Waals surface area contributed by atoms with Crippen molar-refractivity contribution in [1.29, 1.82) is 0 Å². The molecule has 0 amide bonds. The highest BCUT2D eigenvalue weighted by molar-refractivity contribution is 7.99. The van der Waals surface area contributed by atoms with E-state index < -0.39 is 0 Å². The van der Waals surface area contributed by atoms with Crippen LogP contribution < -0.4 is 11.3 Å². The number of halogens is 2. The molecule has 0 aromatic heterocycles. The lowest BCUT2D eigenvalue weighted by Gasteiger charge is -2.37. The largest absolute Gasteiger partial charge is 0.300 e. The highest BCUT2D eigenvalue weighted by Gasteiger charge is 2.28. The number of hydrogen-bond donors (Lipinski definition) is 2. The van der Waals surface area contributed by atoms with E-state index in [1.807, 2.05) is 30.0 Å². The molecule has 2 unspecified atom stereocenters. The van der Waals surface area contributed by atoms with Crippen LogP contribution >= 0.6 is 35.0 Å². The van der Waals surface area contributed by atoms with Crippen molar-refractivity contribution in [3.63, 3.8) is 0 Å². The predicted molar refractivity (Wildman–Crippen MR) is 85.0 cm³/mol. The lowest BCUT2D eigenvalue weighted by molar-refractivity contribution is 0.214. The second-order valence-electron chi connectivity index (χ2n) is 4.80. The number of thioether (sulfide) groups is 1. The zero-order valence-corrected chi connectivity index (χ0v) is 13.2. The first kappa shape index (κ1) is 15.4. The Morgan fingerprint density at radius 1 is 1.47 bits per heavy atom. The van der Waals surface area contributed by atoms with Crippen LogP contribution in [0, 0.1) is 0 Å². The molecule has 3 N–H and O–H groups in total. The summed E-state index contributed by atoms with van der Waals surface area (Å²) in [5.74, 6) is 8.00. The summed E-state index contributed by atoms with van der Waals surface area (Å²) in [5.41, 5.74) is 3.90. The van der Waals surface area contributed by atoms with Gasteiger partial charge in [0.05, 0.1) is 0 Å². The summed E-state index contributed by atoms with van der Waals surface area (Å²) in [5, 5.41) is 1.41. The maximum Gasteiger partial charge on any atom is 0.0453 e. The Bertz CT molecular complexity index is 410.